The molecule has 0 aliphatic carbocycles. The van der Waals surface area contributed by atoms with E-state index in [4.69, 9.17) is 0 Å². The highest BCUT2D eigenvalue weighted by Crippen LogP contribution is 2.34. The van der Waals surface area contributed by atoms with Crippen molar-refractivity contribution in [3.05, 3.63) is 53.2 Å². The number of benzene rings is 1. The van der Waals surface area contributed by atoms with E-state index in [1.165, 1.54) is 6.08 Å². The number of rotatable bonds is 3. The van der Waals surface area contributed by atoms with Gasteiger partial charge in [-0.3, -0.25) is 4.79 Å². The van der Waals surface area contributed by atoms with Crippen molar-refractivity contribution in [1.29, 1.82) is 0 Å². The number of anilines is 1. The molecule has 2 aromatic rings. The van der Waals surface area contributed by atoms with E-state index < -0.39 is 9.84 Å². The van der Waals surface area contributed by atoms with Gasteiger partial charge in [-0.2, -0.15) is 5.10 Å². The zero-order chi connectivity index (χ0) is 18.2. The van der Waals surface area contributed by atoms with E-state index in [2.05, 4.69) is 10.4 Å². The molecule has 7 heteroatoms. The molecule has 0 spiro atoms. The number of fused-ring (bicyclic) bond motifs is 1. The highest BCUT2D eigenvalue weighted by atomic mass is 32.2. The summed E-state index contributed by atoms with van der Waals surface area (Å²) in [5.41, 5.74) is 1.66. The fourth-order valence-electron chi connectivity index (χ4n) is 2.75. The Morgan fingerprint density at radius 3 is 2.52 bits per heavy atom. The third-order valence-electron chi connectivity index (χ3n) is 3.89. The summed E-state index contributed by atoms with van der Waals surface area (Å²) in [5, 5.41) is 7.24. The molecule has 0 fully saturated rings. The summed E-state index contributed by atoms with van der Waals surface area (Å²) in [6.45, 7) is 5.87. The first kappa shape index (κ1) is 17.4. The first-order valence-electron chi connectivity index (χ1n) is 8.01. The lowest BCUT2D eigenvalue weighted by Gasteiger charge is -2.23. The number of amides is 1. The topological polar surface area (TPSA) is 81.1 Å². The molecule has 1 aliphatic rings. The molecule has 1 aromatic heterocycles. The summed E-state index contributed by atoms with van der Waals surface area (Å²) >= 11 is 0. The number of nitrogens with one attached hydrogen (secondary N) is 1. The van der Waals surface area contributed by atoms with Crippen molar-refractivity contribution in [2.45, 2.75) is 37.8 Å². The van der Waals surface area contributed by atoms with Crippen LogP contribution in [0.5, 0.6) is 0 Å². The number of sulfone groups is 1. The lowest BCUT2D eigenvalue weighted by Crippen LogP contribution is -2.27. The average molecular weight is 359 g/mol. The Labute approximate surface area is 147 Å². The Morgan fingerprint density at radius 2 is 1.88 bits per heavy atom. The van der Waals surface area contributed by atoms with Crippen molar-refractivity contribution < 1.29 is 13.2 Å². The molecule has 0 bridgehead atoms. The predicted octanol–water partition coefficient (Wildman–Crippen LogP) is 2.72. The molecule has 1 aromatic carbocycles. The Bertz CT molecular complexity index is 936. The van der Waals surface area contributed by atoms with E-state index >= 15 is 0 Å². The molecule has 0 saturated carbocycles. The molecule has 1 aliphatic heterocycles. The molecular weight excluding hydrogens is 338 g/mol. The van der Waals surface area contributed by atoms with Crippen LogP contribution in [-0.2, 0) is 31.7 Å². The summed E-state index contributed by atoms with van der Waals surface area (Å²) in [4.78, 5) is 12.3. The molecule has 0 saturated heterocycles. The van der Waals surface area contributed by atoms with E-state index in [-0.39, 0.29) is 23.0 Å². The Morgan fingerprint density at radius 1 is 1.20 bits per heavy atom. The number of hydrogen-bond donors (Lipinski definition) is 1. The lowest BCUT2D eigenvalue weighted by atomic mass is 10.1. The smallest absolute Gasteiger partial charge is 0.249 e. The van der Waals surface area contributed by atoms with Crippen molar-refractivity contribution >= 4 is 27.6 Å². The maximum atomic E-state index is 12.3. The average Bonchev–Trinajstić information content (AvgIpc) is 2.99. The molecule has 3 rings (SSSR count). The van der Waals surface area contributed by atoms with Gasteiger partial charge in [0, 0.05) is 11.6 Å². The van der Waals surface area contributed by atoms with Crippen LogP contribution in [-0.4, -0.2) is 24.1 Å². The number of hydrogen-bond acceptors (Lipinski definition) is 4. The number of carbonyl (C=O) groups is 1. The van der Waals surface area contributed by atoms with Gasteiger partial charge in [-0.25, -0.2) is 13.1 Å². The summed E-state index contributed by atoms with van der Waals surface area (Å²) in [5.74, 6) is -0.0162. The van der Waals surface area contributed by atoms with Gasteiger partial charge in [0.1, 0.15) is 5.82 Å². The zero-order valence-electron chi connectivity index (χ0n) is 14.5. The molecule has 2 heterocycles. The molecular formula is C18H21N3O3S. The quantitative estimate of drug-likeness (QED) is 0.855. The molecule has 1 amide bonds. The molecule has 0 atom stereocenters. The van der Waals surface area contributed by atoms with Crippen LogP contribution < -0.4 is 5.32 Å². The predicted molar refractivity (Wildman–Crippen MR) is 97.7 cm³/mol. The first-order chi connectivity index (χ1) is 11.7. The van der Waals surface area contributed by atoms with Crippen LogP contribution in [0.4, 0.5) is 5.82 Å². The second-order valence-electron chi connectivity index (χ2n) is 7.12. The fourth-order valence-corrected chi connectivity index (χ4v) is 4.24. The van der Waals surface area contributed by atoms with Gasteiger partial charge in [-0.15, -0.1) is 0 Å². The van der Waals surface area contributed by atoms with Gasteiger partial charge in [0.05, 0.1) is 22.7 Å². The van der Waals surface area contributed by atoms with E-state index in [1.54, 1.807) is 10.8 Å². The van der Waals surface area contributed by atoms with Crippen molar-refractivity contribution in [3.8, 4) is 0 Å². The monoisotopic (exact) mass is 359 g/mol. The van der Waals surface area contributed by atoms with Gasteiger partial charge < -0.3 is 5.32 Å². The summed E-state index contributed by atoms with van der Waals surface area (Å²) in [6, 6.07) is 9.48. The second kappa shape index (κ2) is 6.15. The molecule has 0 unspecified atom stereocenters. The first-order valence-corrected chi connectivity index (χ1v) is 9.84. The Balaban J connectivity index is 1.89. The third-order valence-corrected chi connectivity index (χ3v) is 5.33. The number of aromatic nitrogens is 2. The normalized spacial score (nSPS) is 16.1. The minimum atomic E-state index is -3.18. The van der Waals surface area contributed by atoms with Crippen molar-refractivity contribution in [3.63, 3.8) is 0 Å². The van der Waals surface area contributed by atoms with Gasteiger partial charge in [-0.1, -0.05) is 30.3 Å². The van der Waals surface area contributed by atoms with Crippen LogP contribution in [0.3, 0.4) is 0 Å². The van der Waals surface area contributed by atoms with Crippen molar-refractivity contribution in [2.24, 2.45) is 0 Å². The number of nitrogens with zero attached hydrogens (tertiary/aromatic N) is 2. The summed E-state index contributed by atoms with van der Waals surface area (Å²) in [7, 11) is -3.18. The van der Waals surface area contributed by atoms with E-state index in [0.717, 1.165) is 5.56 Å². The highest BCUT2D eigenvalue weighted by Gasteiger charge is 2.35. The molecule has 6 nitrogen and oxygen atoms in total. The van der Waals surface area contributed by atoms with Crippen LogP contribution >= 0.6 is 0 Å². The van der Waals surface area contributed by atoms with Crippen LogP contribution in [0.1, 0.15) is 37.6 Å². The van der Waals surface area contributed by atoms with Gasteiger partial charge in [-0.05, 0) is 32.4 Å². The SMILES string of the molecule is CC(C)(C)n1nc2c(c1NC(=O)/C=C\c1ccccc1)CS(=O)(=O)C2. The van der Waals surface area contributed by atoms with Crippen LogP contribution in [0.2, 0.25) is 0 Å². The number of carbonyl (C=O) groups excluding carboxylic acids is 1. The van der Waals surface area contributed by atoms with E-state index in [1.807, 2.05) is 51.1 Å². The summed E-state index contributed by atoms with van der Waals surface area (Å²) in [6.07, 6.45) is 3.15. The maximum absolute atomic E-state index is 12.3. The zero-order valence-corrected chi connectivity index (χ0v) is 15.3. The maximum Gasteiger partial charge on any atom is 0.249 e. The van der Waals surface area contributed by atoms with E-state index in [0.29, 0.717) is 17.1 Å². The van der Waals surface area contributed by atoms with Gasteiger partial charge in [0.25, 0.3) is 0 Å². The minimum Gasteiger partial charge on any atom is -0.307 e. The molecule has 1 N–H and O–H groups in total. The van der Waals surface area contributed by atoms with Crippen molar-refractivity contribution in [1.82, 2.24) is 9.78 Å². The third kappa shape index (κ3) is 3.82. The summed E-state index contributed by atoms with van der Waals surface area (Å²) < 4.78 is 25.5. The van der Waals surface area contributed by atoms with Gasteiger partial charge >= 0.3 is 0 Å². The second-order valence-corrected chi connectivity index (χ2v) is 9.19. The standard InChI is InChI=1S/C18H21N3O3S/c1-18(2,3)21-17(14-11-25(23,24)12-15(14)20-21)19-16(22)10-9-13-7-5-4-6-8-13/h4-10H,11-12H2,1-3H3,(H,19,22)/b10-9-. The van der Waals surface area contributed by atoms with Crippen LogP contribution in [0.25, 0.3) is 6.08 Å². The fraction of sp³-hybridized carbons (Fsp3) is 0.333. The molecule has 132 valence electrons. The molecule has 25 heavy (non-hydrogen) atoms. The molecule has 0 radical (unpaired) electrons. The van der Waals surface area contributed by atoms with Crippen LogP contribution in [0.15, 0.2) is 36.4 Å². The van der Waals surface area contributed by atoms with Crippen LogP contribution in [0, 0.1) is 0 Å². The van der Waals surface area contributed by atoms with Gasteiger partial charge in [0.2, 0.25) is 5.91 Å². The highest BCUT2D eigenvalue weighted by molar-refractivity contribution is 7.90. The largest absolute Gasteiger partial charge is 0.307 e. The Hall–Kier alpha value is -2.41. The lowest BCUT2D eigenvalue weighted by molar-refractivity contribution is -0.111. The van der Waals surface area contributed by atoms with Crippen molar-refractivity contribution in [2.75, 3.05) is 5.32 Å². The van der Waals surface area contributed by atoms with Gasteiger partial charge in [0.15, 0.2) is 9.84 Å². The minimum absolute atomic E-state index is 0.0753. The Kier molecular flexibility index (Phi) is 4.28. The van der Waals surface area contributed by atoms with E-state index in [9.17, 15) is 13.2 Å².